The summed E-state index contributed by atoms with van der Waals surface area (Å²) in [6.45, 7) is 2.50. The van der Waals surface area contributed by atoms with Crippen molar-refractivity contribution >= 4 is 13.6 Å². The zero-order chi connectivity index (χ0) is 28.8. The first-order chi connectivity index (χ1) is 19.1. The molecule has 0 amide bonds. The van der Waals surface area contributed by atoms with Gasteiger partial charge in [0.05, 0.1) is 0 Å². The molecule has 11 nitrogen and oxygen atoms in total. The number of ether oxygens (including phenoxy) is 2. The number of para-hydroxylation sites is 1. The molecule has 1 saturated heterocycles. The summed E-state index contributed by atoms with van der Waals surface area (Å²) < 4.78 is 52.6. The van der Waals surface area contributed by atoms with E-state index >= 15 is 4.39 Å². The van der Waals surface area contributed by atoms with E-state index in [4.69, 9.17) is 18.5 Å². The maximum absolute atomic E-state index is 15.8. The van der Waals surface area contributed by atoms with Crippen LogP contribution in [0.25, 0.3) is 0 Å². The molecule has 2 heterocycles. The number of hydrogen-bond acceptors (Lipinski definition) is 9. The molecule has 0 spiro atoms. The van der Waals surface area contributed by atoms with E-state index in [0.717, 1.165) is 16.2 Å². The number of benzene rings is 2. The fourth-order valence-electron chi connectivity index (χ4n) is 4.14. The number of nitrogens with zero attached hydrogens (tertiary/aromatic N) is 1. The summed E-state index contributed by atoms with van der Waals surface area (Å²) in [6, 6.07) is 17.6. The third-order valence-electron chi connectivity index (χ3n) is 6.20. The Kier molecular flexibility index (Phi) is 9.36. The van der Waals surface area contributed by atoms with E-state index in [1.807, 2.05) is 30.3 Å². The Morgan fingerprint density at radius 1 is 1.18 bits per heavy atom. The Morgan fingerprint density at radius 2 is 1.85 bits per heavy atom. The van der Waals surface area contributed by atoms with Gasteiger partial charge in [0.15, 0.2) is 0 Å². The Balaban J connectivity index is 1.41. The highest BCUT2D eigenvalue weighted by molar-refractivity contribution is 7.54. The number of H-pyrrole nitrogens is 1. The van der Waals surface area contributed by atoms with Crippen LogP contribution in [0.15, 0.2) is 82.5 Å². The van der Waals surface area contributed by atoms with E-state index in [2.05, 4.69) is 10.3 Å². The van der Waals surface area contributed by atoms with Crippen molar-refractivity contribution in [3.63, 3.8) is 0 Å². The molecule has 0 radical (unpaired) electrons. The van der Waals surface area contributed by atoms with E-state index in [1.165, 1.54) is 13.1 Å². The Bertz CT molecular complexity index is 1450. The summed E-state index contributed by atoms with van der Waals surface area (Å²) in [5.74, 6) is -3.25. The van der Waals surface area contributed by atoms with Crippen LogP contribution in [-0.2, 0) is 30.0 Å². The van der Waals surface area contributed by atoms with Crippen molar-refractivity contribution in [1.82, 2.24) is 14.9 Å². The average molecular weight is 576 g/mol. The van der Waals surface area contributed by atoms with Crippen LogP contribution in [0.3, 0.4) is 0 Å². The number of aromatic nitrogens is 2. The van der Waals surface area contributed by atoms with Crippen LogP contribution < -0.4 is 21.1 Å². The minimum Gasteiger partial charge on any atom is -0.460 e. The third kappa shape index (κ3) is 7.76. The lowest BCUT2D eigenvalue weighted by molar-refractivity contribution is -0.175. The lowest BCUT2D eigenvalue weighted by Gasteiger charge is -2.26. The lowest BCUT2D eigenvalue weighted by atomic mass is 10.1. The van der Waals surface area contributed by atoms with Crippen molar-refractivity contribution in [1.29, 1.82) is 0 Å². The van der Waals surface area contributed by atoms with Gasteiger partial charge in [-0.3, -0.25) is 29.0 Å². The predicted molar refractivity (Wildman–Crippen MR) is 143 cm³/mol. The molecule has 2 N–H and O–H groups in total. The summed E-state index contributed by atoms with van der Waals surface area (Å²) in [7, 11) is -4.09. The van der Waals surface area contributed by atoms with Gasteiger partial charge in [0.25, 0.3) is 5.56 Å². The SMILES string of the molecule is C[C@H](NCP(=O)(OC[C@]1(F)C[C@H](C)[C@H](n2ccc(=O)[nH]c2=O)O1)Oc1ccccc1)C(=O)OCc1ccccc1. The highest BCUT2D eigenvalue weighted by Gasteiger charge is 2.48. The Morgan fingerprint density at radius 3 is 2.52 bits per heavy atom. The van der Waals surface area contributed by atoms with Crippen molar-refractivity contribution in [2.75, 3.05) is 12.9 Å². The minimum absolute atomic E-state index is 0.0693. The molecule has 13 heteroatoms. The van der Waals surface area contributed by atoms with Crippen LogP contribution in [0, 0.1) is 5.92 Å². The number of halogens is 1. The van der Waals surface area contributed by atoms with Crippen molar-refractivity contribution in [2.24, 2.45) is 5.92 Å². The van der Waals surface area contributed by atoms with E-state index < -0.39 is 61.7 Å². The molecular weight excluding hydrogens is 544 g/mol. The van der Waals surface area contributed by atoms with Gasteiger partial charge in [0, 0.05) is 24.6 Å². The quantitative estimate of drug-likeness (QED) is 0.244. The average Bonchev–Trinajstić information content (AvgIpc) is 3.24. The zero-order valence-corrected chi connectivity index (χ0v) is 22.9. The molecule has 214 valence electrons. The Hall–Kier alpha value is -3.57. The molecule has 0 aliphatic carbocycles. The largest absolute Gasteiger partial charge is 0.460 e. The van der Waals surface area contributed by atoms with Crippen LogP contribution in [0.1, 0.15) is 32.1 Å². The van der Waals surface area contributed by atoms with Gasteiger partial charge in [-0.2, -0.15) is 0 Å². The molecule has 0 saturated carbocycles. The second-order valence-electron chi connectivity index (χ2n) is 9.56. The summed E-state index contributed by atoms with van der Waals surface area (Å²) >= 11 is 0. The molecule has 1 aliphatic heterocycles. The summed E-state index contributed by atoms with van der Waals surface area (Å²) in [5.41, 5.74) is -0.526. The van der Waals surface area contributed by atoms with Gasteiger partial charge in [-0.1, -0.05) is 55.5 Å². The maximum Gasteiger partial charge on any atom is 0.393 e. The number of alkyl halides is 1. The molecule has 2 aromatic carbocycles. The number of carbonyl (C=O) groups is 1. The first-order valence-corrected chi connectivity index (χ1v) is 14.4. The molecule has 1 fully saturated rings. The van der Waals surface area contributed by atoms with E-state index in [9.17, 15) is 18.9 Å². The number of esters is 1. The van der Waals surface area contributed by atoms with Crippen LogP contribution in [0.2, 0.25) is 0 Å². The molecule has 1 aliphatic rings. The molecule has 0 bridgehead atoms. The molecule has 1 aromatic heterocycles. The molecule has 5 atom stereocenters. The fourth-order valence-corrected chi connectivity index (χ4v) is 5.68. The van der Waals surface area contributed by atoms with Gasteiger partial charge in [0.1, 0.15) is 37.5 Å². The second-order valence-corrected chi connectivity index (χ2v) is 11.5. The monoisotopic (exact) mass is 575 g/mol. The van der Waals surface area contributed by atoms with Crippen LogP contribution in [0.4, 0.5) is 4.39 Å². The van der Waals surface area contributed by atoms with Crippen molar-refractivity contribution < 1.29 is 32.3 Å². The Labute approximate surface area is 229 Å². The fraction of sp³-hybridized carbons (Fsp3) is 0.370. The van der Waals surface area contributed by atoms with E-state index in [0.29, 0.717) is 0 Å². The third-order valence-corrected chi connectivity index (χ3v) is 7.79. The maximum atomic E-state index is 15.8. The highest BCUT2D eigenvalue weighted by Crippen LogP contribution is 2.50. The standard InChI is InChI=1S/C27H31FN3O8P/c1-19-15-27(28,38-24(19)31-14-13-23(32)30-26(31)34)17-37-40(35,39-22-11-7-4-8-12-22)18-29-20(2)25(33)36-16-21-9-5-3-6-10-21/h3-14,19-20,24,29H,15-18H2,1-2H3,(H,30,32,34)/t19-,20-,24+,27-,40?/m0/s1. The predicted octanol–water partition coefficient (Wildman–Crippen LogP) is 3.73. The first kappa shape index (κ1) is 29.4. The van der Waals surface area contributed by atoms with Gasteiger partial charge < -0.3 is 14.0 Å². The van der Waals surface area contributed by atoms with Gasteiger partial charge in [-0.05, 0) is 24.6 Å². The smallest absolute Gasteiger partial charge is 0.393 e. The second kappa shape index (κ2) is 12.7. The molecule has 1 unspecified atom stereocenters. The topological polar surface area (TPSA) is 138 Å². The number of hydrogen-bond donors (Lipinski definition) is 2. The summed E-state index contributed by atoms with van der Waals surface area (Å²) in [4.78, 5) is 38.2. The molecule has 4 rings (SSSR count). The lowest BCUT2D eigenvalue weighted by Crippen LogP contribution is -2.37. The number of aromatic amines is 1. The van der Waals surface area contributed by atoms with Crippen LogP contribution in [-0.4, -0.2) is 40.3 Å². The van der Waals surface area contributed by atoms with Crippen LogP contribution >= 0.6 is 7.60 Å². The van der Waals surface area contributed by atoms with Gasteiger partial charge >= 0.3 is 19.3 Å². The minimum atomic E-state index is -4.09. The number of rotatable bonds is 12. The summed E-state index contributed by atoms with van der Waals surface area (Å²) in [5, 5.41) is 2.79. The number of carbonyl (C=O) groups excluding carboxylic acids is 1. The normalized spacial score (nSPS) is 22.8. The van der Waals surface area contributed by atoms with Gasteiger partial charge in [-0.25, -0.2) is 13.8 Å². The molecule has 40 heavy (non-hydrogen) atoms. The van der Waals surface area contributed by atoms with Gasteiger partial charge in [-0.15, -0.1) is 0 Å². The highest BCUT2D eigenvalue weighted by atomic mass is 31.2. The van der Waals surface area contributed by atoms with Crippen molar-refractivity contribution in [2.45, 2.75) is 45.0 Å². The van der Waals surface area contributed by atoms with E-state index in [-0.39, 0.29) is 18.8 Å². The molecule has 3 aromatic rings. The van der Waals surface area contributed by atoms with E-state index in [1.54, 1.807) is 37.3 Å². The van der Waals surface area contributed by atoms with Gasteiger partial charge in [0.2, 0.25) is 5.85 Å². The van der Waals surface area contributed by atoms with Crippen LogP contribution in [0.5, 0.6) is 5.75 Å². The van der Waals surface area contributed by atoms with Crippen molar-refractivity contribution in [3.8, 4) is 5.75 Å². The van der Waals surface area contributed by atoms with Crippen molar-refractivity contribution in [3.05, 3.63) is 99.3 Å². The zero-order valence-electron chi connectivity index (χ0n) is 22.0. The first-order valence-electron chi connectivity index (χ1n) is 12.7. The number of nitrogens with one attached hydrogen (secondary N) is 2. The molecular formula is C27H31FN3O8P. The summed E-state index contributed by atoms with van der Waals surface area (Å²) in [6.07, 6.45) is -0.409.